The molecule has 0 bridgehead atoms. The van der Waals surface area contributed by atoms with Gasteiger partial charge in [0.2, 0.25) is 15.9 Å². The van der Waals surface area contributed by atoms with E-state index in [1.54, 1.807) is 0 Å². The molecule has 0 saturated heterocycles. The minimum absolute atomic E-state index is 0.127. The molecule has 0 aliphatic heterocycles. The van der Waals surface area contributed by atoms with E-state index in [1.807, 2.05) is 24.3 Å². The first kappa shape index (κ1) is 14.7. The predicted octanol–water partition coefficient (Wildman–Crippen LogP) is 1.75. The Morgan fingerprint density at radius 1 is 1.09 bits per heavy atom. The Hall–Kier alpha value is -2.18. The number of fused-ring (bicyclic) bond motifs is 1. The fraction of sp³-hybridized carbons (Fsp3) is 0.188. The summed E-state index contributed by atoms with van der Waals surface area (Å²) in [7, 11) is -3.63. The highest BCUT2D eigenvalue weighted by Crippen LogP contribution is 2.32. The van der Waals surface area contributed by atoms with E-state index in [4.69, 9.17) is 5.73 Å². The highest BCUT2D eigenvalue weighted by atomic mass is 32.2. The molecule has 1 aliphatic rings. The zero-order valence-corrected chi connectivity index (χ0v) is 12.6. The summed E-state index contributed by atoms with van der Waals surface area (Å²) < 4.78 is 27.6. The molecule has 3 N–H and O–H groups in total. The van der Waals surface area contributed by atoms with Crippen molar-refractivity contribution in [1.82, 2.24) is 4.72 Å². The van der Waals surface area contributed by atoms with E-state index in [1.165, 1.54) is 29.8 Å². The van der Waals surface area contributed by atoms with Gasteiger partial charge in [-0.3, -0.25) is 4.79 Å². The summed E-state index contributed by atoms with van der Waals surface area (Å²) >= 11 is 0. The number of aryl methyl sites for hydroxylation is 1. The van der Waals surface area contributed by atoms with Gasteiger partial charge in [-0.2, -0.15) is 0 Å². The maximum absolute atomic E-state index is 12.5. The molecule has 0 heterocycles. The van der Waals surface area contributed by atoms with E-state index in [2.05, 4.69) is 4.72 Å². The number of amides is 1. The minimum Gasteiger partial charge on any atom is -0.366 e. The van der Waals surface area contributed by atoms with Crippen molar-refractivity contribution in [2.45, 2.75) is 23.8 Å². The number of nitrogens with two attached hydrogens (primary N) is 1. The minimum atomic E-state index is -3.63. The van der Waals surface area contributed by atoms with Gasteiger partial charge in [0.15, 0.2) is 0 Å². The Morgan fingerprint density at radius 3 is 2.45 bits per heavy atom. The van der Waals surface area contributed by atoms with Crippen LogP contribution in [0.5, 0.6) is 0 Å². The van der Waals surface area contributed by atoms with Crippen LogP contribution in [0.2, 0.25) is 0 Å². The Labute approximate surface area is 129 Å². The number of carbonyl (C=O) groups is 1. The number of hydrogen-bond acceptors (Lipinski definition) is 3. The lowest BCUT2D eigenvalue weighted by Crippen LogP contribution is -2.27. The zero-order valence-electron chi connectivity index (χ0n) is 11.8. The third-order valence-electron chi connectivity index (χ3n) is 3.88. The van der Waals surface area contributed by atoms with Crippen LogP contribution in [0.3, 0.4) is 0 Å². The van der Waals surface area contributed by atoms with E-state index >= 15 is 0 Å². The summed E-state index contributed by atoms with van der Waals surface area (Å²) in [6.45, 7) is 0. The molecule has 0 aromatic heterocycles. The first-order chi connectivity index (χ1) is 10.5. The Morgan fingerprint density at radius 2 is 1.77 bits per heavy atom. The van der Waals surface area contributed by atoms with Crippen LogP contribution in [0.15, 0.2) is 53.4 Å². The molecule has 22 heavy (non-hydrogen) atoms. The second kappa shape index (κ2) is 5.55. The van der Waals surface area contributed by atoms with E-state index < -0.39 is 15.9 Å². The van der Waals surface area contributed by atoms with Crippen LogP contribution in [-0.2, 0) is 16.4 Å². The lowest BCUT2D eigenvalue weighted by molar-refractivity contribution is 0.1000. The molecule has 1 atom stereocenters. The van der Waals surface area contributed by atoms with Crippen LogP contribution >= 0.6 is 0 Å². The van der Waals surface area contributed by atoms with E-state index in [-0.39, 0.29) is 16.5 Å². The second-order valence-electron chi connectivity index (χ2n) is 5.30. The molecule has 6 heteroatoms. The number of nitrogens with one attached hydrogen (secondary N) is 1. The van der Waals surface area contributed by atoms with Crippen LogP contribution in [-0.4, -0.2) is 14.3 Å². The normalized spacial score (nSPS) is 17.2. The summed E-state index contributed by atoms with van der Waals surface area (Å²) in [6, 6.07) is 13.2. The fourth-order valence-corrected chi connectivity index (χ4v) is 3.98. The summed E-state index contributed by atoms with van der Waals surface area (Å²) in [5.41, 5.74) is 7.64. The Kier molecular flexibility index (Phi) is 3.72. The first-order valence-electron chi connectivity index (χ1n) is 6.97. The standard InChI is InChI=1S/C16H16N2O3S/c17-16(19)12-5-8-13(9-6-12)22(20,21)18-15-10-7-11-3-1-2-4-14(11)15/h1-6,8-9,15,18H,7,10H2,(H2,17,19)/t15-/m1/s1. The third-order valence-corrected chi connectivity index (χ3v) is 5.37. The van der Waals surface area contributed by atoms with Crippen molar-refractivity contribution in [3.63, 3.8) is 0 Å². The lowest BCUT2D eigenvalue weighted by Gasteiger charge is -2.14. The van der Waals surface area contributed by atoms with Crippen molar-refractivity contribution in [3.05, 3.63) is 65.2 Å². The molecule has 0 radical (unpaired) electrons. The lowest BCUT2D eigenvalue weighted by atomic mass is 10.1. The number of sulfonamides is 1. The van der Waals surface area contributed by atoms with Crippen molar-refractivity contribution >= 4 is 15.9 Å². The Balaban J connectivity index is 1.84. The molecule has 3 rings (SSSR count). The summed E-state index contributed by atoms with van der Waals surface area (Å²) in [5, 5.41) is 0. The third kappa shape index (κ3) is 2.75. The van der Waals surface area contributed by atoms with Crippen LogP contribution in [0.25, 0.3) is 0 Å². The predicted molar refractivity (Wildman–Crippen MR) is 82.8 cm³/mol. The van der Waals surface area contributed by atoms with E-state index in [0.717, 1.165) is 18.4 Å². The van der Waals surface area contributed by atoms with Crippen LogP contribution < -0.4 is 10.5 Å². The fourth-order valence-electron chi connectivity index (χ4n) is 2.73. The molecule has 0 spiro atoms. The number of primary amides is 1. The van der Waals surface area contributed by atoms with Gasteiger partial charge < -0.3 is 5.73 Å². The van der Waals surface area contributed by atoms with Gasteiger partial charge in [-0.15, -0.1) is 0 Å². The summed E-state index contributed by atoms with van der Waals surface area (Å²) in [6.07, 6.45) is 1.61. The van der Waals surface area contributed by atoms with Gasteiger partial charge in [0, 0.05) is 11.6 Å². The highest BCUT2D eigenvalue weighted by molar-refractivity contribution is 7.89. The van der Waals surface area contributed by atoms with Crippen LogP contribution in [0.4, 0.5) is 0 Å². The quantitative estimate of drug-likeness (QED) is 0.900. The smallest absolute Gasteiger partial charge is 0.248 e. The average Bonchev–Trinajstić information content (AvgIpc) is 2.90. The number of carbonyl (C=O) groups excluding carboxylic acids is 1. The number of hydrogen-bond donors (Lipinski definition) is 2. The highest BCUT2D eigenvalue weighted by Gasteiger charge is 2.27. The van der Waals surface area contributed by atoms with Crippen LogP contribution in [0.1, 0.15) is 33.9 Å². The Bertz CT molecular complexity index is 814. The largest absolute Gasteiger partial charge is 0.366 e. The molecule has 0 unspecified atom stereocenters. The van der Waals surface area contributed by atoms with Gasteiger partial charge in [0.1, 0.15) is 0 Å². The molecule has 2 aromatic rings. The molecule has 1 aliphatic carbocycles. The van der Waals surface area contributed by atoms with Crippen molar-refractivity contribution < 1.29 is 13.2 Å². The molecular weight excluding hydrogens is 300 g/mol. The molecular formula is C16H16N2O3S. The van der Waals surface area contributed by atoms with Gasteiger partial charge in [-0.05, 0) is 48.2 Å². The monoisotopic (exact) mass is 316 g/mol. The topological polar surface area (TPSA) is 89.3 Å². The molecule has 0 fully saturated rings. The summed E-state index contributed by atoms with van der Waals surface area (Å²) in [4.78, 5) is 11.2. The van der Waals surface area contributed by atoms with Gasteiger partial charge >= 0.3 is 0 Å². The molecule has 5 nitrogen and oxygen atoms in total. The SMILES string of the molecule is NC(=O)c1ccc(S(=O)(=O)N[C@@H]2CCc3ccccc32)cc1. The number of rotatable bonds is 4. The summed E-state index contributed by atoms with van der Waals surface area (Å²) in [5.74, 6) is -0.582. The van der Waals surface area contributed by atoms with E-state index in [9.17, 15) is 13.2 Å². The van der Waals surface area contributed by atoms with Gasteiger partial charge in [0.25, 0.3) is 0 Å². The van der Waals surface area contributed by atoms with Crippen molar-refractivity contribution in [1.29, 1.82) is 0 Å². The first-order valence-corrected chi connectivity index (χ1v) is 8.46. The molecule has 0 saturated carbocycles. The number of benzene rings is 2. The van der Waals surface area contributed by atoms with Gasteiger partial charge in [-0.1, -0.05) is 24.3 Å². The van der Waals surface area contributed by atoms with E-state index in [0.29, 0.717) is 0 Å². The van der Waals surface area contributed by atoms with Crippen molar-refractivity contribution in [2.24, 2.45) is 5.73 Å². The zero-order chi connectivity index (χ0) is 15.7. The average molecular weight is 316 g/mol. The van der Waals surface area contributed by atoms with Gasteiger partial charge in [0.05, 0.1) is 4.90 Å². The molecule has 2 aromatic carbocycles. The second-order valence-corrected chi connectivity index (χ2v) is 7.01. The molecule has 1 amide bonds. The maximum Gasteiger partial charge on any atom is 0.248 e. The van der Waals surface area contributed by atoms with Crippen molar-refractivity contribution in [3.8, 4) is 0 Å². The van der Waals surface area contributed by atoms with Crippen molar-refractivity contribution in [2.75, 3.05) is 0 Å². The molecule has 114 valence electrons. The van der Waals surface area contributed by atoms with Crippen LogP contribution in [0, 0.1) is 0 Å². The van der Waals surface area contributed by atoms with Gasteiger partial charge in [-0.25, -0.2) is 13.1 Å². The maximum atomic E-state index is 12.5.